The molecule has 3 rings (SSSR count). The van der Waals surface area contributed by atoms with E-state index in [0.29, 0.717) is 31.5 Å². The van der Waals surface area contributed by atoms with Gasteiger partial charge in [-0.2, -0.15) is 13.2 Å². The highest BCUT2D eigenvalue weighted by Gasteiger charge is 2.38. The van der Waals surface area contributed by atoms with Crippen LogP contribution in [0.1, 0.15) is 36.8 Å². The SMILES string of the molecule is CC(=O)c1nc(N2CCN(c3ccc(F)c(S(C)(=O)=O)c3)C[C@H]2C(C)C)ncc1C(F)(F)F. The average Bonchev–Trinajstić information content (AvgIpc) is 2.71. The van der Waals surface area contributed by atoms with Crippen molar-refractivity contribution in [2.24, 2.45) is 5.92 Å². The van der Waals surface area contributed by atoms with Crippen molar-refractivity contribution in [3.05, 3.63) is 41.5 Å². The molecule has 1 aliphatic heterocycles. The summed E-state index contributed by atoms with van der Waals surface area (Å²) in [5.74, 6) is -1.63. The summed E-state index contributed by atoms with van der Waals surface area (Å²) in [6.07, 6.45) is -3.20. The van der Waals surface area contributed by atoms with Crippen LogP contribution in [0.4, 0.5) is 29.2 Å². The van der Waals surface area contributed by atoms with Crippen molar-refractivity contribution in [1.29, 1.82) is 0 Å². The Morgan fingerprint density at radius 2 is 1.88 bits per heavy atom. The van der Waals surface area contributed by atoms with Gasteiger partial charge < -0.3 is 9.80 Å². The molecule has 0 saturated carbocycles. The van der Waals surface area contributed by atoms with Crippen LogP contribution in [0.3, 0.4) is 0 Å². The Hall–Kier alpha value is -2.76. The Bertz CT molecular complexity index is 1170. The maximum atomic E-state index is 14.0. The molecule has 7 nitrogen and oxygen atoms in total. The van der Waals surface area contributed by atoms with E-state index in [1.165, 1.54) is 12.1 Å². The van der Waals surface area contributed by atoms with Crippen LogP contribution in [0.5, 0.6) is 0 Å². The lowest BCUT2D eigenvalue weighted by Crippen LogP contribution is -2.56. The van der Waals surface area contributed by atoms with Crippen LogP contribution < -0.4 is 9.80 Å². The van der Waals surface area contributed by atoms with E-state index in [1.54, 1.807) is 4.90 Å². The van der Waals surface area contributed by atoms with Crippen LogP contribution in [-0.4, -0.2) is 56.1 Å². The molecule has 2 heterocycles. The van der Waals surface area contributed by atoms with Crippen LogP contribution in [0.25, 0.3) is 0 Å². The van der Waals surface area contributed by atoms with Crippen LogP contribution in [0.15, 0.2) is 29.3 Å². The number of hydrogen-bond donors (Lipinski definition) is 0. The highest BCUT2D eigenvalue weighted by molar-refractivity contribution is 7.90. The Morgan fingerprint density at radius 3 is 2.42 bits per heavy atom. The van der Waals surface area contributed by atoms with E-state index in [4.69, 9.17) is 0 Å². The smallest absolute Gasteiger partial charge is 0.368 e. The molecule has 12 heteroatoms. The minimum absolute atomic E-state index is 0.00861. The Balaban J connectivity index is 1.95. The van der Waals surface area contributed by atoms with Gasteiger partial charge >= 0.3 is 6.18 Å². The third-order valence-electron chi connectivity index (χ3n) is 5.54. The van der Waals surface area contributed by atoms with Gasteiger partial charge in [-0.1, -0.05) is 13.8 Å². The highest BCUT2D eigenvalue weighted by atomic mass is 32.2. The molecule has 0 unspecified atom stereocenters. The standard InChI is InChI=1S/C21H24F4N4O3S/c1-12(2)17-11-28(14-5-6-16(22)18(9-14)33(4,31)32)7-8-29(17)20-26-10-15(21(23,24)25)19(27-20)13(3)30/h5-6,9-10,12,17H,7-8,11H2,1-4H3/t17-/m0/s1. The lowest BCUT2D eigenvalue weighted by Gasteiger charge is -2.44. The van der Waals surface area contributed by atoms with E-state index in [-0.39, 0.29) is 17.9 Å². The van der Waals surface area contributed by atoms with Crippen molar-refractivity contribution < 1.29 is 30.8 Å². The van der Waals surface area contributed by atoms with Gasteiger partial charge in [0.25, 0.3) is 0 Å². The van der Waals surface area contributed by atoms with E-state index < -0.39 is 43.8 Å². The van der Waals surface area contributed by atoms with Crippen LogP contribution in [-0.2, 0) is 16.0 Å². The van der Waals surface area contributed by atoms with Gasteiger partial charge in [-0.05, 0) is 24.1 Å². The van der Waals surface area contributed by atoms with E-state index in [2.05, 4.69) is 9.97 Å². The number of ketones is 1. The molecule has 1 fully saturated rings. The first-order chi connectivity index (χ1) is 15.2. The average molecular weight is 489 g/mol. The maximum absolute atomic E-state index is 14.0. The molecule has 0 amide bonds. The van der Waals surface area contributed by atoms with Gasteiger partial charge in [0.15, 0.2) is 15.6 Å². The second kappa shape index (κ2) is 8.88. The van der Waals surface area contributed by atoms with Gasteiger partial charge in [-0.3, -0.25) is 4.79 Å². The number of Topliss-reactive ketones (excluding diaryl/α,β-unsaturated/α-hetero) is 1. The summed E-state index contributed by atoms with van der Waals surface area (Å²) in [4.78, 5) is 22.9. The number of sulfone groups is 1. The maximum Gasteiger partial charge on any atom is 0.420 e. The summed E-state index contributed by atoms with van der Waals surface area (Å²) in [5, 5.41) is 0. The summed E-state index contributed by atoms with van der Waals surface area (Å²) >= 11 is 0. The lowest BCUT2D eigenvalue weighted by atomic mass is 9.99. The van der Waals surface area contributed by atoms with Gasteiger partial charge in [0.05, 0.1) is 6.04 Å². The largest absolute Gasteiger partial charge is 0.420 e. The Morgan fingerprint density at radius 1 is 1.21 bits per heavy atom. The molecular weight excluding hydrogens is 464 g/mol. The first-order valence-corrected chi connectivity index (χ1v) is 12.1. The van der Waals surface area contributed by atoms with E-state index in [1.807, 2.05) is 18.7 Å². The van der Waals surface area contributed by atoms with E-state index >= 15 is 0 Å². The summed E-state index contributed by atoms with van der Waals surface area (Å²) in [5.41, 5.74) is -1.35. The number of anilines is 2. The molecule has 1 saturated heterocycles. The molecule has 0 radical (unpaired) electrons. The van der Waals surface area contributed by atoms with Gasteiger partial charge in [-0.25, -0.2) is 22.8 Å². The van der Waals surface area contributed by atoms with Crippen molar-refractivity contribution in [3.8, 4) is 0 Å². The molecule has 180 valence electrons. The number of alkyl halides is 3. The van der Waals surface area contributed by atoms with E-state index in [9.17, 15) is 30.8 Å². The van der Waals surface area contributed by atoms with Gasteiger partial charge in [0, 0.05) is 44.7 Å². The fourth-order valence-corrected chi connectivity index (χ4v) is 4.58. The predicted octanol–water partition coefficient (Wildman–Crippen LogP) is 3.59. The third kappa shape index (κ3) is 5.26. The van der Waals surface area contributed by atoms with Crippen molar-refractivity contribution in [2.45, 2.75) is 37.9 Å². The summed E-state index contributed by atoms with van der Waals surface area (Å²) < 4.78 is 77.5. The first kappa shape index (κ1) is 24.9. The number of rotatable bonds is 5. The number of carbonyl (C=O) groups excluding carboxylic acids is 1. The van der Waals surface area contributed by atoms with Crippen LogP contribution in [0, 0.1) is 11.7 Å². The summed E-state index contributed by atoms with van der Waals surface area (Å²) in [7, 11) is -3.76. The highest BCUT2D eigenvalue weighted by Crippen LogP contribution is 2.33. The second-order valence-electron chi connectivity index (χ2n) is 8.32. The summed E-state index contributed by atoms with van der Waals surface area (Å²) in [6, 6.07) is 3.60. The molecular formula is C21H24F4N4O3S. The number of benzene rings is 1. The lowest BCUT2D eigenvalue weighted by molar-refractivity contribution is -0.138. The van der Waals surface area contributed by atoms with Gasteiger partial charge in [0.2, 0.25) is 5.95 Å². The fourth-order valence-electron chi connectivity index (χ4n) is 3.82. The number of carbonyl (C=O) groups is 1. The normalized spacial score (nSPS) is 17.5. The summed E-state index contributed by atoms with van der Waals surface area (Å²) in [6.45, 7) is 5.89. The molecule has 1 atom stereocenters. The number of hydrogen-bond acceptors (Lipinski definition) is 7. The number of aromatic nitrogens is 2. The zero-order valence-corrected chi connectivity index (χ0v) is 19.3. The second-order valence-corrected chi connectivity index (χ2v) is 10.3. The molecule has 0 N–H and O–H groups in total. The zero-order valence-electron chi connectivity index (χ0n) is 18.5. The topological polar surface area (TPSA) is 83.5 Å². The van der Waals surface area contributed by atoms with Crippen molar-refractivity contribution in [1.82, 2.24) is 9.97 Å². The Kier molecular flexibility index (Phi) is 6.69. The van der Waals surface area contributed by atoms with Crippen molar-refractivity contribution >= 4 is 27.3 Å². The minimum atomic E-state index is -4.75. The Labute approximate surface area is 189 Å². The van der Waals surface area contributed by atoms with Gasteiger partial charge in [-0.15, -0.1) is 0 Å². The molecule has 1 aliphatic rings. The molecule has 1 aromatic heterocycles. The molecule has 33 heavy (non-hydrogen) atoms. The molecule has 0 aliphatic carbocycles. The fraction of sp³-hybridized carbons (Fsp3) is 0.476. The zero-order chi connectivity index (χ0) is 24.7. The molecule has 0 spiro atoms. The van der Waals surface area contributed by atoms with E-state index in [0.717, 1.165) is 19.2 Å². The quantitative estimate of drug-likeness (QED) is 0.470. The number of nitrogens with zero attached hydrogens (tertiary/aromatic N) is 4. The van der Waals surface area contributed by atoms with Crippen molar-refractivity contribution in [2.75, 3.05) is 35.7 Å². The minimum Gasteiger partial charge on any atom is -0.368 e. The number of piperazine rings is 1. The van der Waals surface area contributed by atoms with Gasteiger partial charge in [0.1, 0.15) is 22.0 Å². The van der Waals surface area contributed by atoms with Crippen molar-refractivity contribution in [3.63, 3.8) is 0 Å². The molecule has 2 aromatic rings. The van der Waals surface area contributed by atoms with Crippen LogP contribution >= 0.6 is 0 Å². The molecule has 1 aromatic carbocycles. The third-order valence-corrected chi connectivity index (χ3v) is 6.65. The molecule has 0 bridgehead atoms. The predicted molar refractivity (Wildman–Crippen MR) is 115 cm³/mol. The van der Waals surface area contributed by atoms with Crippen LogP contribution in [0.2, 0.25) is 0 Å². The monoisotopic (exact) mass is 488 g/mol. The first-order valence-electron chi connectivity index (χ1n) is 10.2. The number of halogens is 4.